The number of halogens is 1. The van der Waals surface area contributed by atoms with E-state index >= 15 is 4.39 Å². The van der Waals surface area contributed by atoms with E-state index in [-0.39, 0.29) is 31.0 Å². The summed E-state index contributed by atoms with van der Waals surface area (Å²) in [6, 6.07) is 8.06. The van der Waals surface area contributed by atoms with Gasteiger partial charge in [0.1, 0.15) is 6.61 Å². The molecule has 1 aromatic heterocycles. The second-order valence-electron chi connectivity index (χ2n) is 7.39. The lowest BCUT2D eigenvalue weighted by Gasteiger charge is -2.45. The maximum absolute atomic E-state index is 15.5. The van der Waals surface area contributed by atoms with Gasteiger partial charge in [-0.05, 0) is 24.3 Å². The third-order valence-corrected chi connectivity index (χ3v) is 7.61. The fraction of sp³-hybridized carbons (Fsp3) is 0.400. The van der Waals surface area contributed by atoms with Crippen molar-refractivity contribution in [1.29, 1.82) is 0 Å². The van der Waals surface area contributed by atoms with Crippen LogP contribution in [0.2, 0.25) is 0 Å². The normalized spacial score (nSPS) is 26.6. The van der Waals surface area contributed by atoms with Crippen LogP contribution in [-0.4, -0.2) is 67.4 Å². The molecule has 3 aliphatic heterocycles. The van der Waals surface area contributed by atoms with E-state index < -0.39 is 21.9 Å². The number of hydrogen-bond donors (Lipinski definition) is 0. The van der Waals surface area contributed by atoms with Gasteiger partial charge in [0.25, 0.3) is 0 Å². The maximum atomic E-state index is 15.5. The minimum atomic E-state index is -3.88. The lowest BCUT2D eigenvalue weighted by atomic mass is 9.99. The first-order chi connectivity index (χ1) is 14.5. The highest BCUT2D eigenvalue weighted by Gasteiger charge is 2.57. The number of benzene rings is 1. The largest absolute Gasteiger partial charge is 0.473 e. The van der Waals surface area contributed by atoms with Crippen LogP contribution < -0.4 is 9.64 Å². The average molecular weight is 432 g/mol. The molecule has 2 fully saturated rings. The van der Waals surface area contributed by atoms with Crippen LogP contribution in [0.1, 0.15) is 12.0 Å². The molecule has 0 aliphatic carbocycles. The number of ether oxygens (including phenoxy) is 2. The van der Waals surface area contributed by atoms with Gasteiger partial charge in [0.15, 0.2) is 11.9 Å². The summed E-state index contributed by atoms with van der Waals surface area (Å²) in [4.78, 5) is 10.6. The van der Waals surface area contributed by atoms with E-state index in [0.29, 0.717) is 25.0 Å². The highest BCUT2D eigenvalue weighted by atomic mass is 32.2. The van der Waals surface area contributed by atoms with Gasteiger partial charge in [0.05, 0.1) is 23.6 Å². The lowest BCUT2D eigenvalue weighted by Crippen LogP contribution is -2.62. The zero-order chi connectivity index (χ0) is 20.8. The van der Waals surface area contributed by atoms with E-state index in [2.05, 4.69) is 9.97 Å². The molecule has 3 aliphatic rings. The number of rotatable bonds is 3. The van der Waals surface area contributed by atoms with Gasteiger partial charge in [0.2, 0.25) is 21.9 Å². The molecule has 8 nitrogen and oxygen atoms in total. The molecule has 2 saturated heterocycles. The van der Waals surface area contributed by atoms with E-state index in [9.17, 15) is 8.42 Å². The SMILES string of the molecule is O=S(=O)(c1ccccc1)N1CCOC12CCN(c1ncc3c(n1)OCC=C3)CC2F. The third kappa shape index (κ3) is 3.06. The third-order valence-electron chi connectivity index (χ3n) is 5.67. The Kier molecular flexibility index (Phi) is 4.72. The summed E-state index contributed by atoms with van der Waals surface area (Å²) >= 11 is 0. The van der Waals surface area contributed by atoms with Gasteiger partial charge in [-0.3, -0.25) is 0 Å². The Balaban J connectivity index is 1.40. The van der Waals surface area contributed by atoms with Gasteiger partial charge in [-0.2, -0.15) is 9.29 Å². The van der Waals surface area contributed by atoms with Crippen molar-refractivity contribution in [1.82, 2.24) is 14.3 Å². The zero-order valence-electron chi connectivity index (χ0n) is 16.1. The van der Waals surface area contributed by atoms with Crippen molar-refractivity contribution in [3.05, 3.63) is 48.2 Å². The predicted octanol–water partition coefficient (Wildman–Crippen LogP) is 1.85. The summed E-state index contributed by atoms with van der Waals surface area (Å²) in [6.07, 6.45) is 4.00. The number of alkyl halides is 1. The van der Waals surface area contributed by atoms with Crippen molar-refractivity contribution < 1.29 is 22.3 Å². The van der Waals surface area contributed by atoms with Crippen molar-refractivity contribution in [2.75, 3.05) is 37.7 Å². The monoisotopic (exact) mass is 432 g/mol. The van der Waals surface area contributed by atoms with Crippen LogP contribution in [0.4, 0.5) is 10.3 Å². The standard InChI is InChI=1S/C20H21FN4O4S/c21-17-14-24(19-22-13-15-5-4-11-28-18(15)23-19)9-8-20(17)25(10-12-29-20)30(26,27)16-6-2-1-3-7-16/h1-7,13,17H,8-12,14H2. The van der Waals surface area contributed by atoms with Crippen molar-refractivity contribution in [2.45, 2.75) is 23.2 Å². The first-order valence-electron chi connectivity index (χ1n) is 9.78. The highest BCUT2D eigenvalue weighted by Crippen LogP contribution is 2.40. The van der Waals surface area contributed by atoms with E-state index in [1.807, 2.05) is 12.2 Å². The second-order valence-corrected chi connectivity index (χ2v) is 9.25. The molecule has 10 heteroatoms. The van der Waals surface area contributed by atoms with Crippen LogP contribution in [0, 0.1) is 0 Å². The first kappa shape index (κ1) is 19.4. The predicted molar refractivity (Wildman–Crippen MR) is 107 cm³/mol. The summed E-state index contributed by atoms with van der Waals surface area (Å²) in [6.45, 7) is 0.985. The Morgan fingerprint density at radius 3 is 2.83 bits per heavy atom. The Hall–Kier alpha value is -2.56. The van der Waals surface area contributed by atoms with Crippen LogP contribution in [0.3, 0.4) is 0 Å². The van der Waals surface area contributed by atoms with Crippen molar-refractivity contribution in [3.8, 4) is 5.88 Å². The molecular formula is C20H21FN4O4S. The van der Waals surface area contributed by atoms with Gasteiger partial charge >= 0.3 is 0 Å². The molecule has 0 radical (unpaired) electrons. The fourth-order valence-corrected chi connectivity index (χ4v) is 5.90. The van der Waals surface area contributed by atoms with Gasteiger partial charge in [-0.25, -0.2) is 17.8 Å². The van der Waals surface area contributed by atoms with Gasteiger partial charge in [-0.1, -0.05) is 18.2 Å². The van der Waals surface area contributed by atoms with Crippen LogP contribution in [0.25, 0.3) is 6.08 Å². The lowest BCUT2D eigenvalue weighted by molar-refractivity contribution is -0.116. The molecule has 2 atom stereocenters. The Morgan fingerprint density at radius 2 is 2.03 bits per heavy atom. The number of piperidine rings is 1. The fourth-order valence-electron chi connectivity index (χ4n) is 4.17. The Morgan fingerprint density at radius 1 is 1.20 bits per heavy atom. The molecule has 2 aromatic rings. The number of anilines is 1. The average Bonchev–Trinajstić information content (AvgIpc) is 3.21. The Labute approximate surface area is 174 Å². The van der Waals surface area contributed by atoms with Gasteiger partial charge in [-0.15, -0.1) is 0 Å². The highest BCUT2D eigenvalue weighted by molar-refractivity contribution is 7.89. The molecule has 0 N–H and O–H groups in total. The van der Waals surface area contributed by atoms with Crippen LogP contribution >= 0.6 is 0 Å². The van der Waals surface area contributed by atoms with Gasteiger partial charge in [0, 0.05) is 25.7 Å². The number of aromatic nitrogens is 2. The molecule has 2 unspecified atom stereocenters. The summed E-state index contributed by atoms with van der Waals surface area (Å²) in [7, 11) is -3.88. The molecule has 4 heterocycles. The summed E-state index contributed by atoms with van der Waals surface area (Å²) in [5, 5.41) is 0. The number of nitrogens with zero attached hydrogens (tertiary/aromatic N) is 4. The minimum Gasteiger partial charge on any atom is -0.473 e. The van der Waals surface area contributed by atoms with Crippen molar-refractivity contribution in [2.24, 2.45) is 0 Å². The smallest absolute Gasteiger partial charge is 0.245 e. The maximum Gasteiger partial charge on any atom is 0.245 e. The molecule has 0 amide bonds. The molecule has 5 rings (SSSR count). The van der Waals surface area contributed by atoms with E-state index in [1.165, 1.54) is 16.4 Å². The summed E-state index contributed by atoms with van der Waals surface area (Å²) < 4.78 is 54.4. The number of fused-ring (bicyclic) bond motifs is 1. The Bertz CT molecular complexity index is 1080. The van der Waals surface area contributed by atoms with Crippen LogP contribution in [-0.2, 0) is 14.8 Å². The minimum absolute atomic E-state index is 0.0740. The second kappa shape index (κ2) is 7.29. The van der Waals surface area contributed by atoms with Crippen molar-refractivity contribution in [3.63, 3.8) is 0 Å². The molecule has 30 heavy (non-hydrogen) atoms. The summed E-state index contributed by atoms with van der Waals surface area (Å²) in [5.41, 5.74) is -0.743. The molecular weight excluding hydrogens is 411 g/mol. The van der Waals surface area contributed by atoms with Crippen LogP contribution in [0.15, 0.2) is 47.5 Å². The molecule has 0 saturated carbocycles. The van der Waals surface area contributed by atoms with E-state index in [4.69, 9.17) is 9.47 Å². The van der Waals surface area contributed by atoms with E-state index in [0.717, 1.165) is 5.56 Å². The molecule has 158 valence electrons. The summed E-state index contributed by atoms with van der Waals surface area (Å²) in [5.74, 6) is 0.820. The molecule has 1 aromatic carbocycles. The number of sulfonamides is 1. The van der Waals surface area contributed by atoms with Crippen molar-refractivity contribution >= 4 is 22.0 Å². The van der Waals surface area contributed by atoms with E-state index in [1.54, 1.807) is 29.3 Å². The van der Waals surface area contributed by atoms with Crippen LogP contribution in [0.5, 0.6) is 5.88 Å². The quantitative estimate of drug-likeness (QED) is 0.732. The molecule has 0 bridgehead atoms. The number of hydrogen-bond acceptors (Lipinski definition) is 7. The first-order valence-corrected chi connectivity index (χ1v) is 11.2. The topological polar surface area (TPSA) is 84.9 Å². The molecule has 1 spiro atoms. The zero-order valence-corrected chi connectivity index (χ0v) is 17.0. The van der Waals surface area contributed by atoms with Gasteiger partial charge < -0.3 is 14.4 Å².